The first kappa shape index (κ1) is 20.6. The molecule has 0 saturated heterocycles. The number of hydrogen-bond donors (Lipinski definition) is 0. The minimum Gasteiger partial charge on any atom is -0.489 e. The van der Waals surface area contributed by atoms with E-state index in [0.29, 0.717) is 19.7 Å². The number of carbonyl (C=O) groups is 1. The van der Waals surface area contributed by atoms with E-state index in [-0.39, 0.29) is 6.09 Å². The number of para-hydroxylation sites is 1. The molecule has 4 heteroatoms. The Bertz CT molecular complexity index is 735. The highest BCUT2D eigenvalue weighted by Crippen LogP contribution is 2.21. The van der Waals surface area contributed by atoms with Crippen LogP contribution in [0.2, 0.25) is 0 Å². The van der Waals surface area contributed by atoms with Gasteiger partial charge in [-0.3, -0.25) is 0 Å². The molecule has 0 atom stereocenters. The van der Waals surface area contributed by atoms with E-state index in [1.54, 1.807) is 11.0 Å². The number of carbonyl (C=O) groups excluding carboxylic acids is 1. The Kier molecular flexibility index (Phi) is 7.47. The van der Waals surface area contributed by atoms with Gasteiger partial charge < -0.3 is 14.4 Å². The molecule has 0 aliphatic heterocycles. The molecule has 2 aromatic carbocycles. The van der Waals surface area contributed by atoms with E-state index in [1.807, 2.05) is 63.2 Å². The predicted octanol–water partition coefficient (Wildman–Crippen LogP) is 5.23. The summed E-state index contributed by atoms with van der Waals surface area (Å²) in [5.74, 6) is 0.755. The van der Waals surface area contributed by atoms with Crippen LogP contribution >= 0.6 is 0 Å². The maximum atomic E-state index is 12.8. The van der Waals surface area contributed by atoms with Crippen molar-refractivity contribution in [2.45, 2.75) is 39.3 Å². The summed E-state index contributed by atoms with van der Waals surface area (Å²) < 4.78 is 11.3. The monoisotopic (exact) mass is 367 g/mol. The van der Waals surface area contributed by atoms with Gasteiger partial charge in [0.1, 0.15) is 18.0 Å². The summed E-state index contributed by atoms with van der Waals surface area (Å²) in [6.45, 7) is 10.7. The number of benzene rings is 2. The largest absolute Gasteiger partial charge is 0.489 e. The molecule has 4 nitrogen and oxygen atoms in total. The molecule has 0 bridgehead atoms. The van der Waals surface area contributed by atoms with Crippen molar-refractivity contribution in [3.63, 3.8) is 0 Å². The standard InChI is InChI=1S/C23H29NO3/c1-5-17-26-21-14-10-9-13-20(21)18-24(22(25)27-23(2,3)4)16-15-19-11-7-6-8-12-19/h5-14H,1,15-18H2,2-4H3. The van der Waals surface area contributed by atoms with Crippen LogP contribution in [0.5, 0.6) is 5.75 Å². The molecule has 0 radical (unpaired) electrons. The topological polar surface area (TPSA) is 38.8 Å². The fourth-order valence-electron chi connectivity index (χ4n) is 2.60. The van der Waals surface area contributed by atoms with E-state index in [1.165, 1.54) is 5.56 Å². The average Bonchev–Trinajstić information content (AvgIpc) is 2.63. The van der Waals surface area contributed by atoms with Crippen molar-refractivity contribution in [1.82, 2.24) is 4.90 Å². The molecular weight excluding hydrogens is 338 g/mol. The van der Waals surface area contributed by atoms with Crippen LogP contribution in [0.25, 0.3) is 0 Å². The second kappa shape index (κ2) is 9.81. The molecule has 2 rings (SSSR count). The fourth-order valence-corrected chi connectivity index (χ4v) is 2.60. The zero-order chi connectivity index (χ0) is 19.7. The number of nitrogens with zero attached hydrogens (tertiary/aromatic N) is 1. The molecule has 0 spiro atoms. The van der Waals surface area contributed by atoms with Crippen molar-refractivity contribution < 1.29 is 14.3 Å². The number of amides is 1. The molecule has 0 N–H and O–H groups in total. The third-order valence-corrected chi connectivity index (χ3v) is 3.86. The minimum atomic E-state index is -0.541. The SMILES string of the molecule is C=CCOc1ccccc1CN(CCc1ccccc1)C(=O)OC(C)(C)C. The highest BCUT2D eigenvalue weighted by molar-refractivity contribution is 5.68. The van der Waals surface area contributed by atoms with Crippen molar-refractivity contribution >= 4 is 6.09 Å². The van der Waals surface area contributed by atoms with Crippen molar-refractivity contribution in [3.8, 4) is 5.75 Å². The third kappa shape index (κ3) is 7.18. The average molecular weight is 367 g/mol. The quantitative estimate of drug-likeness (QED) is 0.600. The first-order valence-corrected chi connectivity index (χ1v) is 9.22. The first-order chi connectivity index (χ1) is 12.9. The summed E-state index contributed by atoms with van der Waals surface area (Å²) in [5, 5.41) is 0. The van der Waals surface area contributed by atoms with Crippen LogP contribution in [-0.2, 0) is 17.7 Å². The van der Waals surface area contributed by atoms with Crippen molar-refractivity contribution in [3.05, 3.63) is 78.4 Å². The highest BCUT2D eigenvalue weighted by Gasteiger charge is 2.23. The number of hydrogen-bond acceptors (Lipinski definition) is 3. The van der Waals surface area contributed by atoms with Gasteiger partial charge in [0, 0.05) is 12.1 Å². The molecule has 0 fully saturated rings. The van der Waals surface area contributed by atoms with Crippen LogP contribution in [0.3, 0.4) is 0 Å². The molecule has 27 heavy (non-hydrogen) atoms. The van der Waals surface area contributed by atoms with Crippen LogP contribution < -0.4 is 4.74 Å². The van der Waals surface area contributed by atoms with Crippen LogP contribution in [0, 0.1) is 0 Å². The Balaban J connectivity index is 2.16. The van der Waals surface area contributed by atoms with E-state index >= 15 is 0 Å². The molecule has 0 saturated carbocycles. The molecule has 2 aromatic rings. The van der Waals surface area contributed by atoms with E-state index in [9.17, 15) is 4.79 Å². The Morgan fingerprint density at radius 3 is 2.41 bits per heavy atom. The number of ether oxygens (including phenoxy) is 2. The summed E-state index contributed by atoms with van der Waals surface area (Å²) in [4.78, 5) is 14.5. The lowest BCUT2D eigenvalue weighted by molar-refractivity contribution is 0.0234. The molecule has 0 aliphatic carbocycles. The Morgan fingerprint density at radius 1 is 1.07 bits per heavy atom. The van der Waals surface area contributed by atoms with Gasteiger partial charge in [-0.05, 0) is 38.8 Å². The summed E-state index contributed by atoms with van der Waals surface area (Å²) in [6.07, 6.45) is 2.14. The van der Waals surface area contributed by atoms with Gasteiger partial charge in [-0.25, -0.2) is 4.79 Å². The maximum absolute atomic E-state index is 12.8. The third-order valence-electron chi connectivity index (χ3n) is 3.86. The van der Waals surface area contributed by atoms with Gasteiger partial charge in [0.05, 0.1) is 6.54 Å². The number of rotatable bonds is 8. The summed E-state index contributed by atoms with van der Waals surface area (Å²) >= 11 is 0. The molecule has 0 unspecified atom stereocenters. The van der Waals surface area contributed by atoms with E-state index in [4.69, 9.17) is 9.47 Å². The fraction of sp³-hybridized carbons (Fsp3) is 0.348. The van der Waals surface area contributed by atoms with Crippen molar-refractivity contribution in [2.24, 2.45) is 0 Å². The predicted molar refractivity (Wildman–Crippen MR) is 109 cm³/mol. The van der Waals surface area contributed by atoms with Crippen LogP contribution in [0.4, 0.5) is 4.79 Å². The Morgan fingerprint density at radius 2 is 1.74 bits per heavy atom. The van der Waals surface area contributed by atoms with Gasteiger partial charge in [0.2, 0.25) is 0 Å². The van der Waals surface area contributed by atoms with Crippen LogP contribution in [-0.4, -0.2) is 29.7 Å². The van der Waals surface area contributed by atoms with Crippen LogP contribution in [0.15, 0.2) is 67.3 Å². The van der Waals surface area contributed by atoms with Gasteiger partial charge in [0.25, 0.3) is 0 Å². The lowest BCUT2D eigenvalue weighted by Gasteiger charge is -2.28. The normalized spacial score (nSPS) is 10.9. The molecule has 1 amide bonds. The first-order valence-electron chi connectivity index (χ1n) is 9.22. The zero-order valence-corrected chi connectivity index (χ0v) is 16.5. The molecular formula is C23H29NO3. The molecule has 0 aromatic heterocycles. The van der Waals surface area contributed by atoms with Gasteiger partial charge >= 0.3 is 6.09 Å². The zero-order valence-electron chi connectivity index (χ0n) is 16.5. The lowest BCUT2D eigenvalue weighted by Crippen LogP contribution is -2.37. The minimum absolute atomic E-state index is 0.322. The second-order valence-electron chi connectivity index (χ2n) is 7.34. The summed E-state index contributed by atoms with van der Waals surface area (Å²) in [5.41, 5.74) is 1.58. The molecule has 0 aliphatic rings. The summed E-state index contributed by atoms with van der Waals surface area (Å²) in [6, 6.07) is 17.9. The molecule has 144 valence electrons. The highest BCUT2D eigenvalue weighted by atomic mass is 16.6. The van der Waals surface area contributed by atoms with Crippen molar-refractivity contribution in [2.75, 3.05) is 13.2 Å². The van der Waals surface area contributed by atoms with Gasteiger partial charge in [0.15, 0.2) is 0 Å². The van der Waals surface area contributed by atoms with E-state index < -0.39 is 5.60 Å². The smallest absolute Gasteiger partial charge is 0.410 e. The second-order valence-corrected chi connectivity index (χ2v) is 7.34. The maximum Gasteiger partial charge on any atom is 0.410 e. The van der Waals surface area contributed by atoms with Gasteiger partial charge in [-0.15, -0.1) is 0 Å². The van der Waals surface area contributed by atoms with Gasteiger partial charge in [-0.1, -0.05) is 61.2 Å². The summed E-state index contributed by atoms with van der Waals surface area (Å²) in [7, 11) is 0. The lowest BCUT2D eigenvalue weighted by atomic mass is 10.1. The van der Waals surface area contributed by atoms with Gasteiger partial charge in [-0.2, -0.15) is 0 Å². The van der Waals surface area contributed by atoms with Crippen LogP contribution in [0.1, 0.15) is 31.9 Å². The van der Waals surface area contributed by atoms with E-state index in [0.717, 1.165) is 17.7 Å². The Labute approximate surface area is 162 Å². The Hall–Kier alpha value is -2.75. The molecule has 0 heterocycles. The van der Waals surface area contributed by atoms with E-state index in [2.05, 4.69) is 18.7 Å². The van der Waals surface area contributed by atoms with Crippen molar-refractivity contribution in [1.29, 1.82) is 0 Å².